The maximum atomic E-state index is 4.34. The van der Waals surface area contributed by atoms with E-state index in [-0.39, 0.29) is 0 Å². The molecule has 22 heavy (non-hydrogen) atoms. The monoisotopic (exact) mass is 476 g/mol. The minimum Gasteiger partial charge on any atom is -0.0616 e. The van der Waals surface area contributed by atoms with Gasteiger partial charge in [0.25, 0.3) is 0 Å². The van der Waals surface area contributed by atoms with Gasteiger partial charge in [-0.15, -0.1) is 0 Å². The summed E-state index contributed by atoms with van der Waals surface area (Å²) in [5.41, 5.74) is 3.38. The Balaban J connectivity index is 5.29. The number of halogens is 2. The summed E-state index contributed by atoms with van der Waals surface area (Å²) in [5.74, 6) is -2.08. The maximum absolute atomic E-state index is 4.34. The molecule has 134 valence electrons. The van der Waals surface area contributed by atoms with Crippen LogP contribution in [-0.2, 0) is 0 Å². The van der Waals surface area contributed by atoms with Gasteiger partial charge in [0.2, 0.25) is 0 Å². The first-order valence-electron chi connectivity index (χ1n) is 9.27. The summed E-state index contributed by atoms with van der Waals surface area (Å²) < 4.78 is 0. The molecule has 0 amide bonds. The minimum atomic E-state index is -1.04. The lowest BCUT2D eigenvalue weighted by atomic mass is 10.4. The van der Waals surface area contributed by atoms with E-state index in [1.807, 2.05) is 0 Å². The second-order valence-corrected chi connectivity index (χ2v) is 22.8. The molecule has 0 fully saturated rings. The summed E-state index contributed by atoms with van der Waals surface area (Å²) in [7, 11) is 0. The Morgan fingerprint density at radius 1 is 0.545 bits per heavy atom. The van der Waals surface area contributed by atoms with Crippen molar-refractivity contribution in [3.8, 4) is 0 Å². The fourth-order valence-corrected chi connectivity index (χ4v) is 18.0. The molecule has 0 aromatic heterocycles. The van der Waals surface area contributed by atoms with E-state index in [0.717, 1.165) is 22.6 Å². The van der Waals surface area contributed by atoms with Gasteiger partial charge in [-0.3, -0.25) is 0 Å². The average Bonchev–Trinajstić information content (AvgIpc) is 2.55. The summed E-state index contributed by atoms with van der Waals surface area (Å²) in [6.45, 7) is 19.4. The summed E-state index contributed by atoms with van der Waals surface area (Å²) in [5, 5.41) is 0. The molecular weight excluding hydrogens is 438 g/mol. The van der Waals surface area contributed by atoms with E-state index in [1.54, 1.807) is 0 Å². The van der Waals surface area contributed by atoms with Crippen molar-refractivity contribution in [2.45, 2.75) is 104 Å². The van der Waals surface area contributed by atoms with Crippen LogP contribution >= 0.6 is 42.9 Å². The zero-order valence-electron chi connectivity index (χ0n) is 16.2. The average molecular weight is 478 g/mol. The van der Waals surface area contributed by atoms with Crippen molar-refractivity contribution in [2.75, 3.05) is 12.3 Å². The van der Waals surface area contributed by atoms with Crippen LogP contribution in [0.5, 0.6) is 0 Å². The lowest BCUT2D eigenvalue weighted by Crippen LogP contribution is -2.24. The summed E-state index contributed by atoms with van der Waals surface area (Å²) in [6.07, 6.45) is 8.08. The molecule has 0 aromatic rings. The van der Waals surface area contributed by atoms with Crippen molar-refractivity contribution in [3.05, 3.63) is 0 Å². The van der Waals surface area contributed by atoms with Crippen LogP contribution in [-0.4, -0.2) is 35.0 Å². The quantitative estimate of drug-likeness (QED) is 0.260. The van der Waals surface area contributed by atoms with Gasteiger partial charge in [-0.2, -0.15) is 0 Å². The second-order valence-electron chi connectivity index (χ2n) is 7.13. The van der Waals surface area contributed by atoms with Gasteiger partial charge in [0.15, 0.2) is 0 Å². The van der Waals surface area contributed by atoms with Crippen molar-refractivity contribution < 1.29 is 0 Å². The van der Waals surface area contributed by atoms with E-state index in [9.17, 15) is 0 Å². The molecule has 0 bridgehead atoms. The Kier molecular flexibility index (Phi) is 11.6. The highest BCUT2D eigenvalue weighted by Crippen LogP contribution is 2.80. The summed E-state index contributed by atoms with van der Waals surface area (Å²) in [6, 6.07) is 0. The van der Waals surface area contributed by atoms with E-state index in [2.05, 4.69) is 86.4 Å². The molecular formula is C18H40Br2P2+2. The molecule has 0 aliphatic rings. The topological polar surface area (TPSA) is 0 Å². The van der Waals surface area contributed by atoms with Crippen LogP contribution in [0.15, 0.2) is 0 Å². The van der Waals surface area contributed by atoms with Gasteiger partial charge in [0.1, 0.15) is 43.3 Å². The lowest BCUT2D eigenvalue weighted by Gasteiger charge is -2.35. The molecule has 4 unspecified atom stereocenters. The molecule has 0 spiro atoms. The van der Waals surface area contributed by atoms with Crippen LogP contribution in [0.25, 0.3) is 0 Å². The highest BCUT2D eigenvalue weighted by molar-refractivity contribution is 9.43. The van der Waals surface area contributed by atoms with Crippen molar-refractivity contribution in [3.63, 3.8) is 0 Å². The van der Waals surface area contributed by atoms with Crippen molar-refractivity contribution in [1.29, 1.82) is 0 Å². The van der Waals surface area contributed by atoms with Crippen molar-refractivity contribution >= 4 is 42.9 Å². The third-order valence-electron chi connectivity index (χ3n) is 6.08. The van der Waals surface area contributed by atoms with E-state index < -0.39 is 11.9 Å². The van der Waals surface area contributed by atoms with Gasteiger partial charge in [-0.1, -0.05) is 27.7 Å². The van der Waals surface area contributed by atoms with Crippen LogP contribution in [0.1, 0.15) is 81.1 Å². The lowest BCUT2D eigenvalue weighted by molar-refractivity contribution is 0.817. The largest absolute Gasteiger partial charge is 0.139 e. The molecule has 0 rings (SSSR count). The smallest absolute Gasteiger partial charge is 0.0616 e. The third-order valence-corrected chi connectivity index (χ3v) is 26.1. The van der Waals surface area contributed by atoms with E-state index >= 15 is 0 Å². The number of rotatable bonds is 11. The van der Waals surface area contributed by atoms with Gasteiger partial charge >= 0.3 is 0 Å². The van der Waals surface area contributed by atoms with Crippen molar-refractivity contribution in [2.24, 2.45) is 0 Å². The predicted octanol–water partition coefficient (Wildman–Crippen LogP) is 8.84. The molecule has 0 aliphatic carbocycles. The summed E-state index contributed by atoms with van der Waals surface area (Å²) >= 11 is 8.68. The molecule has 0 radical (unpaired) electrons. The van der Waals surface area contributed by atoms with Crippen LogP contribution in [0.3, 0.4) is 0 Å². The molecule has 0 heterocycles. The number of hydrogen-bond donors (Lipinski definition) is 0. The SMILES string of the molecule is CCC(C)[P+](Br)(CC[P+](Br)(C(C)CC)C(C)CC)C(C)CC. The zero-order chi connectivity index (χ0) is 17.6. The Bertz CT molecular complexity index is 259. The Hall–Kier alpha value is 1.82. The summed E-state index contributed by atoms with van der Waals surface area (Å²) in [4.78, 5) is 0. The fraction of sp³-hybridized carbons (Fsp3) is 1.00. The molecule has 0 aromatic carbocycles. The maximum Gasteiger partial charge on any atom is 0.139 e. The minimum absolute atomic E-state index is 0.845. The van der Waals surface area contributed by atoms with Gasteiger partial charge in [-0.05, 0) is 53.4 Å². The molecule has 0 N–H and O–H groups in total. The Morgan fingerprint density at radius 3 is 0.864 bits per heavy atom. The molecule has 0 nitrogen and oxygen atoms in total. The zero-order valence-corrected chi connectivity index (χ0v) is 21.2. The predicted molar refractivity (Wildman–Crippen MR) is 120 cm³/mol. The highest BCUT2D eigenvalue weighted by atomic mass is 79.9. The fourth-order valence-electron chi connectivity index (χ4n) is 3.27. The van der Waals surface area contributed by atoms with Crippen LogP contribution < -0.4 is 0 Å². The van der Waals surface area contributed by atoms with Gasteiger partial charge in [0, 0.05) is 0 Å². The Labute approximate surface area is 158 Å². The number of hydrogen-bond acceptors (Lipinski definition) is 0. The van der Waals surface area contributed by atoms with E-state index in [0.29, 0.717) is 0 Å². The van der Waals surface area contributed by atoms with Crippen molar-refractivity contribution in [1.82, 2.24) is 0 Å². The first kappa shape index (κ1) is 23.8. The third kappa shape index (κ3) is 5.68. The van der Waals surface area contributed by atoms with Gasteiger partial charge < -0.3 is 0 Å². The van der Waals surface area contributed by atoms with Gasteiger partial charge in [0.05, 0.1) is 34.6 Å². The molecule has 4 atom stereocenters. The normalized spacial score (nSPS) is 23.2. The van der Waals surface area contributed by atoms with Crippen LogP contribution in [0.4, 0.5) is 0 Å². The molecule has 0 aliphatic heterocycles. The van der Waals surface area contributed by atoms with E-state index in [4.69, 9.17) is 0 Å². The van der Waals surface area contributed by atoms with Gasteiger partial charge in [-0.25, -0.2) is 0 Å². The van der Waals surface area contributed by atoms with Crippen LogP contribution in [0, 0.1) is 0 Å². The molecule has 0 saturated heterocycles. The van der Waals surface area contributed by atoms with E-state index in [1.165, 1.54) is 38.0 Å². The first-order valence-corrected chi connectivity index (χ1v) is 17.5. The highest BCUT2D eigenvalue weighted by Gasteiger charge is 2.52. The second kappa shape index (κ2) is 10.7. The first-order chi connectivity index (χ1) is 10.1. The standard InChI is InChI=1S/C18H40Br2P2/c1-9-15(5)21(19,16(6)10-2)13-14-22(20,17(7)11-3)18(8)12-4/h15-18H,9-14H2,1-8H3/q+2. The molecule has 0 saturated carbocycles. The molecule has 4 heteroatoms. The Morgan fingerprint density at radius 2 is 0.727 bits per heavy atom. The van der Waals surface area contributed by atoms with Crippen LogP contribution in [0.2, 0.25) is 0 Å².